The Balaban J connectivity index is 1.59. The molecule has 3 rings (SSSR count). The van der Waals surface area contributed by atoms with Gasteiger partial charge in [-0.2, -0.15) is 0 Å². The highest BCUT2D eigenvalue weighted by Gasteiger charge is 2.23. The molecule has 0 N–H and O–H groups in total. The normalized spacial score (nSPS) is 14.6. The van der Waals surface area contributed by atoms with Crippen LogP contribution in [0, 0.1) is 6.92 Å². The van der Waals surface area contributed by atoms with Crippen LogP contribution in [0.4, 0.5) is 0 Å². The van der Waals surface area contributed by atoms with Gasteiger partial charge in [-0.25, -0.2) is 4.98 Å². The maximum atomic E-state index is 12.7. The van der Waals surface area contributed by atoms with Crippen LogP contribution in [0.25, 0.3) is 0 Å². The van der Waals surface area contributed by atoms with Gasteiger partial charge in [-0.05, 0) is 30.5 Å². The number of carbonyl (C=O) groups excluding carboxylic acids is 2. The lowest BCUT2D eigenvalue weighted by Gasteiger charge is -2.22. The quantitative estimate of drug-likeness (QED) is 0.821. The number of amides is 2. The Labute approximate surface area is 159 Å². The minimum absolute atomic E-state index is 0.0772. The number of hydrogen-bond donors (Lipinski definition) is 0. The highest BCUT2D eigenvalue weighted by atomic mass is 16.5. The fraction of sp³-hybridized carbons (Fsp3) is 0.400. The van der Waals surface area contributed by atoms with E-state index in [2.05, 4.69) is 9.97 Å². The zero-order chi connectivity index (χ0) is 19.2. The summed E-state index contributed by atoms with van der Waals surface area (Å²) >= 11 is 0. The Morgan fingerprint density at radius 3 is 2.59 bits per heavy atom. The summed E-state index contributed by atoms with van der Waals surface area (Å²) in [6, 6.07) is 5.80. The smallest absolute Gasteiger partial charge is 0.274 e. The Kier molecular flexibility index (Phi) is 6.01. The molecule has 1 aromatic carbocycles. The van der Waals surface area contributed by atoms with Gasteiger partial charge in [0.1, 0.15) is 11.4 Å². The van der Waals surface area contributed by atoms with Crippen LogP contribution in [0.15, 0.2) is 36.8 Å². The summed E-state index contributed by atoms with van der Waals surface area (Å²) in [5.41, 5.74) is 2.32. The van der Waals surface area contributed by atoms with E-state index in [0.29, 0.717) is 38.3 Å². The summed E-state index contributed by atoms with van der Waals surface area (Å²) in [4.78, 5) is 36.8. The number of rotatable bonds is 4. The summed E-state index contributed by atoms with van der Waals surface area (Å²) in [6.07, 6.45) is 5.63. The van der Waals surface area contributed by atoms with Crippen LogP contribution in [0.3, 0.4) is 0 Å². The summed E-state index contributed by atoms with van der Waals surface area (Å²) in [5, 5.41) is 0. The van der Waals surface area contributed by atoms with E-state index in [4.69, 9.17) is 4.74 Å². The molecule has 0 atom stereocenters. The number of aromatic nitrogens is 2. The third kappa shape index (κ3) is 4.61. The van der Waals surface area contributed by atoms with Crippen molar-refractivity contribution in [1.29, 1.82) is 0 Å². The minimum Gasteiger partial charge on any atom is -0.496 e. The van der Waals surface area contributed by atoms with E-state index in [-0.39, 0.29) is 11.8 Å². The molecule has 27 heavy (non-hydrogen) atoms. The first-order chi connectivity index (χ1) is 13.1. The highest BCUT2D eigenvalue weighted by molar-refractivity contribution is 5.92. The first-order valence-corrected chi connectivity index (χ1v) is 9.05. The zero-order valence-electron chi connectivity index (χ0n) is 15.7. The molecule has 0 radical (unpaired) electrons. The van der Waals surface area contributed by atoms with Gasteiger partial charge in [0.15, 0.2) is 0 Å². The van der Waals surface area contributed by atoms with E-state index in [1.807, 2.05) is 30.0 Å². The number of benzene rings is 1. The Morgan fingerprint density at radius 2 is 1.89 bits per heavy atom. The van der Waals surface area contributed by atoms with Crippen LogP contribution < -0.4 is 4.74 Å². The van der Waals surface area contributed by atoms with Crippen molar-refractivity contribution < 1.29 is 14.3 Å². The van der Waals surface area contributed by atoms with Gasteiger partial charge in [-0.3, -0.25) is 14.6 Å². The van der Waals surface area contributed by atoms with Gasteiger partial charge < -0.3 is 14.5 Å². The third-order valence-electron chi connectivity index (χ3n) is 4.73. The standard InChI is InChI=1S/C20H24N4O3/c1-15-12-16(4-5-18(15)27-2)13-19(25)23-8-3-9-24(11-10-23)20(26)17-14-21-6-7-22-17/h4-7,12,14H,3,8-11,13H2,1-2H3. The molecule has 0 unspecified atom stereocenters. The number of methoxy groups -OCH3 is 1. The lowest BCUT2D eigenvalue weighted by molar-refractivity contribution is -0.130. The molecule has 2 amide bonds. The molecule has 1 aliphatic heterocycles. The molecular weight excluding hydrogens is 344 g/mol. The maximum Gasteiger partial charge on any atom is 0.274 e. The van der Waals surface area contributed by atoms with Crippen molar-refractivity contribution in [1.82, 2.24) is 19.8 Å². The van der Waals surface area contributed by atoms with Crippen molar-refractivity contribution in [2.24, 2.45) is 0 Å². The van der Waals surface area contributed by atoms with Gasteiger partial charge in [0.05, 0.1) is 19.7 Å². The van der Waals surface area contributed by atoms with Crippen LogP contribution in [-0.2, 0) is 11.2 Å². The van der Waals surface area contributed by atoms with Crippen LogP contribution in [0.2, 0.25) is 0 Å². The number of ether oxygens (including phenoxy) is 1. The van der Waals surface area contributed by atoms with Crippen LogP contribution >= 0.6 is 0 Å². The van der Waals surface area contributed by atoms with Crippen molar-refractivity contribution in [2.45, 2.75) is 19.8 Å². The predicted molar refractivity (Wildman–Crippen MR) is 101 cm³/mol. The number of aryl methyl sites for hydroxylation is 1. The summed E-state index contributed by atoms with van der Waals surface area (Å²) in [5.74, 6) is 0.760. The summed E-state index contributed by atoms with van der Waals surface area (Å²) < 4.78 is 5.27. The molecule has 7 heteroatoms. The maximum absolute atomic E-state index is 12.7. The van der Waals surface area contributed by atoms with Gasteiger partial charge in [-0.1, -0.05) is 12.1 Å². The Bertz CT molecular complexity index is 810. The van der Waals surface area contributed by atoms with Gasteiger partial charge in [0.25, 0.3) is 5.91 Å². The van der Waals surface area contributed by atoms with Crippen LogP contribution in [0.1, 0.15) is 28.0 Å². The second kappa shape index (κ2) is 8.62. The van der Waals surface area contributed by atoms with Gasteiger partial charge in [0, 0.05) is 38.6 Å². The van der Waals surface area contributed by atoms with E-state index in [1.165, 1.54) is 12.4 Å². The SMILES string of the molecule is COc1ccc(CC(=O)N2CCCN(C(=O)c3cnccn3)CC2)cc1C. The fourth-order valence-corrected chi connectivity index (χ4v) is 3.28. The predicted octanol–water partition coefficient (Wildman–Crippen LogP) is 1.71. The first-order valence-electron chi connectivity index (χ1n) is 9.05. The molecule has 1 saturated heterocycles. The fourth-order valence-electron chi connectivity index (χ4n) is 3.28. The summed E-state index contributed by atoms with van der Waals surface area (Å²) in [6.45, 7) is 4.26. The van der Waals surface area contributed by atoms with Crippen molar-refractivity contribution in [3.63, 3.8) is 0 Å². The van der Waals surface area contributed by atoms with E-state index >= 15 is 0 Å². The van der Waals surface area contributed by atoms with E-state index < -0.39 is 0 Å². The monoisotopic (exact) mass is 368 g/mol. The van der Waals surface area contributed by atoms with Gasteiger partial charge in [0.2, 0.25) is 5.91 Å². The average Bonchev–Trinajstić information content (AvgIpc) is 2.94. The molecule has 0 spiro atoms. The Hall–Kier alpha value is -2.96. The summed E-state index contributed by atoms with van der Waals surface area (Å²) in [7, 11) is 1.64. The molecule has 1 aliphatic rings. The third-order valence-corrected chi connectivity index (χ3v) is 4.73. The lowest BCUT2D eigenvalue weighted by Crippen LogP contribution is -2.38. The first kappa shape index (κ1) is 18.8. The molecule has 0 aliphatic carbocycles. The van der Waals surface area contributed by atoms with E-state index in [1.54, 1.807) is 18.2 Å². The molecule has 2 aromatic rings. The topological polar surface area (TPSA) is 75.6 Å². The van der Waals surface area contributed by atoms with Crippen molar-refractivity contribution >= 4 is 11.8 Å². The molecule has 2 heterocycles. The zero-order valence-corrected chi connectivity index (χ0v) is 15.7. The highest BCUT2D eigenvalue weighted by Crippen LogP contribution is 2.19. The van der Waals surface area contributed by atoms with Crippen molar-refractivity contribution in [3.8, 4) is 5.75 Å². The van der Waals surface area contributed by atoms with Gasteiger partial charge >= 0.3 is 0 Å². The molecule has 7 nitrogen and oxygen atoms in total. The number of nitrogens with zero attached hydrogens (tertiary/aromatic N) is 4. The number of carbonyl (C=O) groups is 2. The van der Waals surface area contributed by atoms with E-state index in [0.717, 1.165) is 23.3 Å². The lowest BCUT2D eigenvalue weighted by atomic mass is 10.1. The molecular formula is C20H24N4O3. The molecule has 0 bridgehead atoms. The molecule has 1 aromatic heterocycles. The van der Waals surface area contributed by atoms with Crippen LogP contribution in [-0.4, -0.2) is 64.9 Å². The molecule has 0 saturated carbocycles. The van der Waals surface area contributed by atoms with Crippen LogP contribution in [0.5, 0.6) is 5.75 Å². The number of hydrogen-bond acceptors (Lipinski definition) is 5. The molecule has 1 fully saturated rings. The largest absolute Gasteiger partial charge is 0.496 e. The van der Waals surface area contributed by atoms with E-state index in [9.17, 15) is 9.59 Å². The molecule has 142 valence electrons. The minimum atomic E-state index is -0.136. The second-order valence-electron chi connectivity index (χ2n) is 6.60. The average molecular weight is 368 g/mol. The van der Waals surface area contributed by atoms with Crippen molar-refractivity contribution in [2.75, 3.05) is 33.3 Å². The van der Waals surface area contributed by atoms with Crippen molar-refractivity contribution in [3.05, 3.63) is 53.6 Å². The second-order valence-corrected chi connectivity index (χ2v) is 6.60. The Morgan fingerprint density at radius 1 is 1.11 bits per heavy atom. The van der Waals surface area contributed by atoms with Gasteiger partial charge in [-0.15, -0.1) is 0 Å².